The van der Waals surface area contributed by atoms with Gasteiger partial charge in [0.05, 0.1) is 11.4 Å². The van der Waals surface area contributed by atoms with Gasteiger partial charge in [0.15, 0.2) is 0 Å². The maximum Gasteiger partial charge on any atom is 0.246 e. The maximum absolute atomic E-state index is 12.7. The number of nitrogens with zero attached hydrogens (tertiary/aromatic N) is 2. The van der Waals surface area contributed by atoms with Gasteiger partial charge in [0.2, 0.25) is 10.0 Å². The summed E-state index contributed by atoms with van der Waals surface area (Å²) >= 11 is 0. The normalized spacial score (nSPS) is 28.5. The first kappa shape index (κ1) is 13.1. The maximum atomic E-state index is 12.7. The Balaban J connectivity index is 1.90. The summed E-state index contributed by atoms with van der Waals surface area (Å²) in [5, 5.41) is 10.2. The molecule has 7 heteroatoms. The predicted molar refractivity (Wildman–Crippen MR) is 71.3 cm³/mol. The third kappa shape index (κ3) is 2.09. The van der Waals surface area contributed by atoms with E-state index in [4.69, 9.17) is 0 Å². The second-order valence-electron chi connectivity index (χ2n) is 5.55. The largest absolute Gasteiger partial charge is 0.312 e. The summed E-state index contributed by atoms with van der Waals surface area (Å²) in [6.07, 6.45) is 2.26. The number of sulfonamides is 1. The van der Waals surface area contributed by atoms with E-state index in [1.165, 1.54) is 0 Å². The third-order valence-electron chi connectivity index (χ3n) is 4.22. The van der Waals surface area contributed by atoms with Gasteiger partial charge in [-0.3, -0.25) is 5.10 Å². The molecule has 0 bridgehead atoms. The third-order valence-corrected chi connectivity index (χ3v) is 6.32. The van der Waals surface area contributed by atoms with E-state index in [-0.39, 0.29) is 0 Å². The second kappa shape index (κ2) is 4.57. The Morgan fingerprint density at radius 1 is 1.32 bits per heavy atom. The minimum atomic E-state index is -3.42. The highest BCUT2D eigenvalue weighted by Gasteiger charge is 2.41. The van der Waals surface area contributed by atoms with Crippen LogP contribution in [-0.2, 0) is 10.0 Å². The van der Waals surface area contributed by atoms with Gasteiger partial charge in [-0.25, -0.2) is 8.42 Å². The van der Waals surface area contributed by atoms with Crippen LogP contribution in [0.5, 0.6) is 0 Å². The van der Waals surface area contributed by atoms with E-state index in [2.05, 4.69) is 15.5 Å². The van der Waals surface area contributed by atoms with Crippen molar-refractivity contribution >= 4 is 10.0 Å². The van der Waals surface area contributed by atoms with Crippen molar-refractivity contribution in [1.82, 2.24) is 19.8 Å². The van der Waals surface area contributed by atoms with E-state index >= 15 is 0 Å². The zero-order chi connectivity index (χ0) is 13.6. The fourth-order valence-corrected chi connectivity index (χ4v) is 5.11. The summed E-state index contributed by atoms with van der Waals surface area (Å²) in [6, 6.07) is 0.316. The van der Waals surface area contributed by atoms with Crippen LogP contribution in [0.15, 0.2) is 4.90 Å². The molecule has 0 radical (unpaired) electrons. The lowest BCUT2D eigenvalue weighted by Gasteiger charge is -2.24. The first-order chi connectivity index (χ1) is 9.00. The van der Waals surface area contributed by atoms with Crippen molar-refractivity contribution in [1.29, 1.82) is 0 Å². The molecule has 3 heterocycles. The van der Waals surface area contributed by atoms with Crippen LogP contribution in [0.25, 0.3) is 0 Å². The molecule has 2 aliphatic heterocycles. The Kier molecular flexibility index (Phi) is 3.15. The van der Waals surface area contributed by atoms with Crippen molar-refractivity contribution in [3.05, 3.63) is 11.4 Å². The Hall–Kier alpha value is -0.920. The molecule has 0 aliphatic carbocycles. The Bertz CT molecular complexity index is 547. The number of H-pyrrole nitrogens is 1. The first-order valence-electron chi connectivity index (χ1n) is 6.75. The van der Waals surface area contributed by atoms with Crippen LogP contribution in [0.2, 0.25) is 0 Å². The summed E-state index contributed by atoms with van der Waals surface area (Å²) in [6.45, 7) is 5.70. The van der Waals surface area contributed by atoms with Crippen molar-refractivity contribution in [2.24, 2.45) is 5.92 Å². The van der Waals surface area contributed by atoms with Gasteiger partial charge in [0, 0.05) is 19.1 Å². The fourth-order valence-electron chi connectivity index (χ4n) is 3.25. The number of hydrogen-bond donors (Lipinski definition) is 2. The zero-order valence-electron chi connectivity index (χ0n) is 11.3. The lowest BCUT2D eigenvalue weighted by atomic mass is 9.94. The molecule has 0 saturated carbocycles. The molecular formula is C12H20N4O2S. The van der Waals surface area contributed by atoms with Crippen molar-refractivity contribution in [3.63, 3.8) is 0 Å². The molecule has 0 unspecified atom stereocenters. The zero-order valence-corrected chi connectivity index (χ0v) is 12.1. The molecule has 0 aromatic carbocycles. The van der Waals surface area contributed by atoms with E-state index in [9.17, 15) is 8.42 Å². The van der Waals surface area contributed by atoms with E-state index in [1.54, 1.807) is 18.2 Å². The van der Waals surface area contributed by atoms with E-state index in [1.807, 2.05) is 0 Å². The van der Waals surface area contributed by atoms with Gasteiger partial charge in [0.1, 0.15) is 4.90 Å². The van der Waals surface area contributed by atoms with Gasteiger partial charge in [-0.2, -0.15) is 9.40 Å². The van der Waals surface area contributed by atoms with Crippen molar-refractivity contribution in [2.75, 3.05) is 19.6 Å². The summed E-state index contributed by atoms with van der Waals surface area (Å²) < 4.78 is 27.1. The molecular weight excluding hydrogens is 264 g/mol. The number of aromatic amines is 1. The lowest BCUT2D eigenvalue weighted by Crippen LogP contribution is -2.41. The first-order valence-corrected chi connectivity index (χ1v) is 8.19. The number of rotatable bonds is 2. The molecule has 2 atom stereocenters. The number of aryl methyl sites for hydroxylation is 2. The van der Waals surface area contributed by atoms with Crippen LogP contribution in [0.3, 0.4) is 0 Å². The molecule has 19 heavy (non-hydrogen) atoms. The standard InChI is InChI=1S/C12H20N4O2S/c1-8-12(9(2)15-14-8)19(17,18)16-6-10-4-3-5-13-11(10)7-16/h10-11,13H,3-7H2,1-2H3,(H,14,15)/t10-,11+/m0/s1. The van der Waals surface area contributed by atoms with Crippen LogP contribution in [0.4, 0.5) is 0 Å². The molecule has 2 saturated heterocycles. The molecule has 106 valence electrons. The quantitative estimate of drug-likeness (QED) is 0.824. The summed E-state index contributed by atoms with van der Waals surface area (Å²) in [5.74, 6) is 0.455. The number of fused-ring (bicyclic) bond motifs is 1. The van der Waals surface area contributed by atoms with Gasteiger partial charge in [-0.15, -0.1) is 0 Å². The van der Waals surface area contributed by atoms with Gasteiger partial charge < -0.3 is 5.32 Å². The molecule has 1 aromatic rings. The summed E-state index contributed by atoms with van der Waals surface area (Å²) in [7, 11) is -3.42. The summed E-state index contributed by atoms with van der Waals surface area (Å²) in [5.41, 5.74) is 1.18. The Morgan fingerprint density at radius 3 is 2.74 bits per heavy atom. The minimum absolute atomic E-state index is 0.316. The average molecular weight is 284 g/mol. The van der Waals surface area contributed by atoms with Gasteiger partial charge in [0.25, 0.3) is 0 Å². The van der Waals surface area contributed by atoms with Crippen molar-refractivity contribution < 1.29 is 8.42 Å². The van der Waals surface area contributed by atoms with Crippen molar-refractivity contribution in [3.8, 4) is 0 Å². The lowest BCUT2D eigenvalue weighted by molar-refractivity contribution is 0.339. The van der Waals surface area contributed by atoms with Gasteiger partial charge >= 0.3 is 0 Å². The van der Waals surface area contributed by atoms with Crippen LogP contribution in [0.1, 0.15) is 24.2 Å². The SMILES string of the molecule is Cc1n[nH]c(C)c1S(=O)(=O)N1C[C@@H]2CCCN[C@@H]2C1. The van der Waals surface area contributed by atoms with Crippen LogP contribution >= 0.6 is 0 Å². The van der Waals surface area contributed by atoms with Crippen LogP contribution in [0, 0.1) is 19.8 Å². The fraction of sp³-hybridized carbons (Fsp3) is 0.750. The molecule has 6 nitrogen and oxygen atoms in total. The molecule has 1 aromatic heterocycles. The van der Waals surface area contributed by atoms with E-state index < -0.39 is 10.0 Å². The highest BCUT2D eigenvalue weighted by Crippen LogP contribution is 2.30. The topological polar surface area (TPSA) is 78.1 Å². The predicted octanol–water partition coefficient (Wildman–Crippen LogP) is 0.399. The smallest absolute Gasteiger partial charge is 0.246 e. The minimum Gasteiger partial charge on any atom is -0.312 e. The molecule has 2 aliphatic rings. The molecule has 2 N–H and O–H groups in total. The van der Waals surface area contributed by atoms with Crippen LogP contribution in [-0.4, -0.2) is 48.6 Å². The Morgan fingerprint density at radius 2 is 2.11 bits per heavy atom. The second-order valence-corrected chi connectivity index (χ2v) is 7.42. The molecule has 2 fully saturated rings. The highest BCUT2D eigenvalue weighted by atomic mass is 32.2. The van der Waals surface area contributed by atoms with Crippen LogP contribution < -0.4 is 5.32 Å². The summed E-state index contributed by atoms with van der Waals surface area (Å²) in [4.78, 5) is 0.353. The van der Waals surface area contributed by atoms with Gasteiger partial charge in [-0.1, -0.05) is 0 Å². The average Bonchev–Trinajstić information content (AvgIpc) is 2.93. The molecule has 0 spiro atoms. The number of nitrogens with one attached hydrogen (secondary N) is 2. The Labute approximate surface area is 113 Å². The number of hydrogen-bond acceptors (Lipinski definition) is 4. The number of aromatic nitrogens is 2. The van der Waals surface area contributed by atoms with Gasteiger partial charge in [-0.05, 0) is 39.2 Å². The van der Waals surface area contributed by atoms with Crippen molar-refractivity contribution in [2.45, 2.75) is 37.6 Å². The van der Waals surface area contributed by atoms with E-state index in [0.29, 0.717) is 41.3 Å². The highest BCUT2D eigenvalue weighted by molar-refractivity contribution is 7.89. The monoisotopic (exact) mass is 284 g/mol. The molecule has 0 amide bonds. The number of piperidine rings is 1. The molecule has 3 rings (SSSR count). The van der Waals surface area contributed by atoms with E-state index in [0.717, 1.165) is 19.4 Å².